The molecule has 9 heavy (non-hydrogen) atoms. The highest BCUT2D eigenvalue weighted by Crippen LogP contribution is 2.11. The van der Waals surface area contributed by atoms with E-state index in [1.807, 2.05) is 19.3 Å². The maximum absolute atomic E-state index is 4.13. The molecule has 2 nitrogen and oxygen atoms in total. The lowest BCUT2D eigenvalue weighted by molar-refractivity contribution is 1.06. The van der Waals surface area contributed by atoms with E-state index in [1.165, 1.54) is 4.83 Å². The Morgan fingerprint density at radius 3 is 3.33 bits per heavy atom. The second-order valence-electron chi connectivity index (χ2n) is 1.92. The fourth-order valence-electron chi connectivity index (χ4n) is 0.862. The highest BCUT2D eigenvalue weighted by atomic mass is 32.1. The first-order valence-corrected chi connectivity index (χ1v) is 3.63. The number of hydrogen-bond acceptors (Lipinski definition) is 2. The van der Waals surface area contributed by atoms with E-state index in [1.54, 1.807) is 11.3 Å². The van der Waals surface area contributed by atoms with Gasteiger partial charge in [-0.1, -0.05) is 0 Å². The van der Waals surface area contributed by atoms with Crippen molar-refractivity contribution in [2.45, 2.75) is 6.92 Å². The van der Waals surface area contributed by atoms with Crippen LogP contribution in [0.1, 0.15) is 5.82 Å². The van der Waals surface area contributed by atoms with E-state index in [-0.39, 0.29) is 0 Å². The van der Waals surface area contributed by atoms with Gasteiger partial charge < -0.3 is 0 Å². The summed E-state index contributed by atoms with van der Waals surface area (Å²) in [6.07, 6.45) is 3.92. The minimum atomic E-state index is 1.06. The van der Waals surface area contributed by atoms with Crippen molar-refractivity contribution < 1.29 is 0 Å². The number of aromatic nitrogens is 2. The molecule has 2 heterocycles. The molecule has 2 rings (SSSR count). The predicted molar refractivity (Wildman–Crippen MR) is 37.8 cm³/mol. The van der Waals surface area contributed by atoms with Crippen LogP contribution in [0, 0.1) is 6.92 Å². The summed E-state index contributed by atoms with van der Waals surface area (Å²) in [5.41, 5.74) is 0. The van der Waals surface area contributed by atoms with Crippen LogP contribution in [0.5, 0.6) is 0 Å². The van der Waals surface area contributed by atoms with Crippen LogP contribution in [0.15, 0.2) is 17.8 Å². The van der Waals surface area contributed by atoms with E-state index >= 15 is 0 Å². The summed E-state index contributed by atoms with van der Waals surface area (Å²) in [6.45, 7) is 2.00. The molecule has 2 aromatic heterocycles. The van der Waals surface area contributed by atoms with Crippen molar-refractivity contribution in [1.82, 2.24) is 9.38 Å². The number of aryl methyl sites for hydroxylation is 1. The van der Waals surface area contributed by atoms with Gasteiger partial charge in [-0.05, 0) is 6.92 Å². The standard InChI is InChI=1S/C6H6N2S/c1-5-7-4-6-8(5)2-3-9-6/h2-4H,1H3. The molecule has 0 aliphatic rings. The summed E-state index contributed by atoms with van der Waals surface area (Å²) >= 11 is 1.71. The van der Waals surface area contributed by atoms with Gasteiger partial charge in [0.15, 0.2) is 0 Å². The van der Waals surface area contributed by atoms with E-state index in [0.717, 1.165) is 5.82 Å². The van der Waals surface area contributed by atoms with Gasteiger partial charge in [0.1, 0.15) is 10.7 Å². The average molecular weight is 138 g/mol. The number of hydrogen-bond donors (Lipinski definition) is 0. The molecule has 0 saturated carbocycles. The zero-order valence-corrected chi connectivity index (χ0v) is 5.85. The fraction of sp³-hybridized carbons (Fsp3) is 0.167. The minimum Gasteiger partial charge on any atom is -0.295 e. The number of rotatable bonds is 0. The van der Waals surface area contributed by atoms with E-state index in [0.29, 0.717) is 0 Å². The Balaban J connectivity index is 2.99. The zero-order valence-electron chi connectivity index (χ0n) is 5.03. The molecule has 2 aromatic rings. The summed E-state index contributed by atoms with van der Waals surface area (Å²) in [7, 11) is 0. The monoisotopic (exact) mass is 138 g/mol. The van der Waals surface area contributed by atoms with Crippen LogP contribution < -0.4 is 0 Å². The zero-order chi connectivity index (χ0) is 6.27. The number of fused-ring (bicyclic) bond motifs is 1. The third-order valence-corrected chi connectivity index (χ3v) is 2.15. The van der Waals surface area contributed by atoms with E-state index < -0.39 is 0 Å². The molecule has 3 heteroatoms. The summed E-state index contributed by atoms with van der Waals surface area (Å²) in [5, 5.41) is 2.06. The van der Waals surface area contributed by atoms with Gasteiger partial charge in [-0.25, -0.2) is 4.98 Å². The molecule has 0 unspecified atom stereocenters. The third-order valence-electron chi connectivity index (χ3n) is 1.35. The largest absolute Gasteiger partial charge is 0.295 e. The first-order chi connectivity index (χ1) is 4.38. The van der Waals surface area contributed by atoms with E-state index in [2.05, 4.69) is 14.8 Å². The summed E-state index contributed by atoms with van der Waals surface area (Å²) in [4.78, 5) is 5.34. The van der Waals surface area contributed by atoms with Gasteiger partial charge in [-0.3, -0.25) is 4.40 Å². The maximum Gasteiger partial charge on any atom is 0.119 e. The molecule has 0 spiro atoms. The fourth-order valence-corrected chi connectivity index (χ4v) is 1.60. The quantitative estimate of drug-likeness (QED) is 0.541. The number of imidazole rings is 1. The molecule has 0 aromatic carbocycles. The highest BCUT2D eigenvalue weighted by Gasteiger charge is 1.95. The molecule has 0 amide bonds. The van der Waals surface area contributed by atoms with E-state index in [4.69, 9.17) is 0 Å². The average Bonchev–Trinajstić information content (AvgIpc) is 2.35. The third kappa shape index (κ3) is 0.580. The van der Waals surface area contributed by atoms with Gasteiger partial charge in [-0.15, -0.1) is 11.3 Å². The van der Waals surface area contributed by atoms with Crippen LogP contribution in [0.25, 0.3) is 4.83 Å². The topological polar surface area (TPSA) is 17.3 Å². The normalized spacial score (nSPS) is 10.8. The molecule has 0 N–H and O–H groups in total. The van der Waals surface area contributed by atoms with Crippen LogP contribution in [-0.4, -0.2) is 9.38 Å². The van der Waals surface area contributed by atoms with Crippen molar-refractivity contribution in [1.29, 1.82) is 0 Å². The molecule has 46 valence electrons. The maximum atomic E-state index is 4.13. The Labute approximate surface area is 56.8 Å². The number of thiazole rings is 1. The van der Waals surface area contributed by atoms with Gasteiger partial charge in [0, 0.05) is 11.6 Å². The minimum absolute atomic E-state index is 1.06. The molecule has 0 fully saturated rings. The first-order valence-electron chi connectivity index (χ1n) is 2.75. The molecular formula is C6H6N2S. The van der Waals surface area contributed by atoms with Crippen LogP contribution in [0.3, 0.4) is 0 Å². The molecule has 0 atom stereocenters. The van der Waals surface area contributed by atoms with Crippen molar-refractivity contribution >= 4 is 16.2 Å². The highest BCUT2D eigenvalue weighted by molar-refractivity contribution is 7.15. The Morgan fingerprint density at radius 1 is 1.67 bits per heavy atom. The van der Waals surface area contributed by atoms with Crippen LogP contribution in [0.4, 0.5) is 0 Å². The molecule has 0 radical (unpaired) electrons. The van der Waals surface area contributed by atoms with Gasteiger partial charge >= 0.3 is 0 Å². The van der Waals surface area contributed by atoms with Crippen LogP contribution in [-0.2, 0) is 0 Å². The smallest absolute Gasteiger partial charge is 0.119 e. The van der Waals surface area contributed by atoms with Crippen LogP contribution >= 0.6 is 11.3 Å². The lowest BCUT2D eigenvalue weighted by atomic mass is 10.7. The molecule has 0 bridgehead atoms. The summed E-state index contributed by atoms with van der Waals surface area (Å²) < 4.78 is 2.07. The Kier molecular flexibility index (Phi) is 0.873. The van der Waals surface area contributed by atoms with Gasteiger partial charge in [0.2, 0.25) is 0 Å². The van der Waals surface area contributed by atoms with Gasteiger partial charge in [0.05, 0.1) is 6.20 Å². The van der Waals surface area contributed by atoms with Gasteiger partial charge in [-0.2, -0.15) is 0 Å². The molecule has 0 aliphatic carbocycles. The van der Waals surface area contributed by atoms with Crippen LogP contribution in [0.2, 0.25) is 0 Å². The van der Waals surface area contributed by atoms with Crippen molar-refractivity contribution in [2.24, 2.45) is 0 Å². The Bertz CT molecular complexity index is 320. The first kappa shape index (κ1) is 4.99. The number of nitrogens with zero attached hydrogens (tertiary/aromatic N) is 2. The SMILES string of the molecule is Cc1ncc2sccn12. The lowest BCUT2D eigenvalue weighted by Crippen LogP contribution is -1.79. The van der Waals surface area contributed by atoms with Crippen molar-refractivity contribution in [3.05, 3.63) is 23.6 Å². The summed E-state index contributed by atoms with van der Waals surface area (Å²) in [6, 6.07) is 0. The van der Waals surface area contributed by atoms with E-state index in [9.17, 15) is 0 Å². The molecular weight excluding hydrogens is 132 g/mol. The van der Waals surface area contributed by atoms with Crippen molar-refractivity contribution in [3.63, 3.8) is 0 Å². The second-order valence-corrected chi connectivity index (χ2v) is 2.84. The second kappa shape index (κ2) is 1.57. The van der Waals surface area contributed by atoms with Gasteiger partial charge in [0.25, 0.3) is 0 Å². The molecule has 0 aliphatic heterocycles. The van der Waals surface area contributed by atoms with Crippen molar-refractivity contribution in [3.8, 4) is 0 Å². The summed E-state index contributed by atoms with van der Waals surface area (Å²) in [5.74, 6) is 1.06. The Morgan fingerprint density at radius 2 is 2.56 bits per heavy atom. The molecule has 0 saturated heterocycles. The lowest BCUT2D eigenvalue weighted by Gasteiger charge is -1.82. The Hall–Kier alpha value is -0.830. The predicted octanol–water partition coefficient (Wildman–Crippen LogP) is 1.70. The van der Waals surface area contributed by atoms with Crippen molar-refractivity contribution in [2.75, 3.05) is 0 Å².